The van der Waals surface area contributed by atoms with E-state index in [4.69, 9.17) is 21.1 Å². The van der Waals surface area contributed by atoms with E-state index < -0.39 is 11.7 Å². The van der Waals surface area contributed by atoms with Crippen LogP contribution in [0.3, 0.4) is 0 Å². The molecule has 8 heteroatoms. The second-order valence-electron chi connectivity index (χ2n) is 5.98. The largest absolute Gasteiger partial charge is 0.486 e. The smallest absolute Gasteiger partial charge is 0.417 e. The van der Waals surface area contributed by atoms with Crippen LogP contribution in [0.15, 0.2) is 64.5 Å². The molecule has 0 N–H and O–H groups in total. The first-order chi connectivity index (χ1) is 13.4. The van der Waals surface area contributed by atoms with Crippen molar-refractivity contribution in [3.63, 3.8) is 0 Å². The molecule has 28 heavy (non-hydrogen) atoms. The summed E-state index contributed by atoms with van der Waals surface area (Å²) in [6.07, 6.45) is -3.04. The van der Waals surface area contributed by atoms with Gasteiger partial charge in [0.15, 0.2) is 11.5 Å². The van der Waals surface area contributed by atoms with E-state index in [1.54, 1.807) is 30.3 Å². The molecule has 3 aromatic rings. The highest BCUT2D eigenvalue weighted by atomic mass is 35.5. The van der Waals surface area contributed by atoms with E-state index >= 15 is 0 Å². The zero-order valence-electron chi connectivity index (χ0n) is 14.3. The van der Waals surface area contributed by atoms with E-state index in [0.717, 1.165) is 17.8 Å². The van der Waals surface area contributed by atoms with E-state index in [1.165, 1.54) is 18.3 Å². The van der Waals surface area contributed by atoms with Crippen molar-refractivity contribution >= 4 is 23.4 Å². The summed E-state index contributed by atoms with van der Waals surface area (Å²) in [6, 6.07) is 12.5. The molecule has 2 heterocycles. The summed E-state index contributed by atoms with van der Waals surface area (Å²) in [5.74, 6) is 1.13. The van der Waals surface area contributed by atoms with Gasteiger partial charge < -0.3 is 9.47 Å². The van der Waals surface area contributed by atoms with Crippen molar-refractivity contribution in [3.8, 4) is 22.6 Å². The lowest BCUT2D eigenvalue weighted by Crippen LogP contribution is -2.15. The Balaban J connectivity index is 1.70. The van der Waals surface area contributed by atoms with E-state index in [0.29, 0.717) is 40.7 Å². The highest BCUT2D eigenvalue weighted by molar-refractivity contribution is 7.99. The van der Waals surface area contributed by atoms with Crippen molar-refractivity contribution in [1.29, 1.82) is 0 Å². The molecule has 0 saturated carbocycles. The van der Waals surface area contributed by atoms with Crippen molar-refractivity contribution in [2.75, 3.05) is 13.2 Å². The van der Waals surface area contributed by atoms with Gasteiger partial charge in [-0.15, -0.1) is 0 Å². The number of nitrogens with zero attached hydrogens (tertiary/aromatic N) is 1. The minimum absolute atomic E-state index is 0.105. The lowest BCUT2D eigenvalue weighted by atomic mass is 10.0. The molecule has 144 valence electrons. The maximum absolute atomic E-state index is 13.7. The predicted molar refractivity (Wildman–Crippen MR) is 101 cm³/mol. The third-order valence-corrected chi connectivity index (χ3v) is 5.36. The van der Waals surface area contributed by atoms with Crippen LogP contribution < -0.4 is 9.47 Å². The molecule has 3 nitrogen and oxygen atoms in total. The molecule has 4 rings (SSSR count). The van der Waals surface area contributed by atoms with Crippen LogP contribution in [0.25, 0.3) is 11.1 Å². The zero-order chi connectivity index (χ0) is 19.7. The normalized spacial score (nSPS) is 13.4. The first-order valence-corrected chi connectivity index (χ1v) is 9.50. The van der Waals surface area contributed by atoms with E-state index in [2.05, 4.69) is 4.98 Å². The standard InChI is InChI=1S/C20H13ClF3NO2S/c21-19-10-13(5-6-25-19)12-1-4-18(15(9-12)20(22,23)24)28-14-2-3-16-17(11-14)27-8-7-26-16/h1-6,9-11H,7-8H2. The molecule has 1 aliphatic rings. The topological polar surface area (TPSA) is 31.4 Å². The second kappa shape index (κ2) is 7.56. The van der Waals surface area contributed by atoms with Gasteiger partial charge in [0, 0.05) is 16.0 Å². The first-order valence-electron chi connectivity index (χ1n) is 8.31. The molecule has 0 spiro atoms. The third kappa shape index (κ3) is 4.05. The molecule has 0 bridgehead atoms. The Labute approximate surface area is 168 Å². The summed E-state index contributed by atoms with van der Waals surface area (Å²) in [7, 11) is 0. The molecule has 2 aromatic carbocycles. The highest BCUT2D eigenvalue weighted by Gasteiger charge is 2.34. The molecule has 0 aliphatic carbocycles. The van der Waals surface area contributed by atoms with Crippen molar-refractivity contribution in [1.82, 2.24) is 4.98 Å². The van der Waals surface area contributed by atoms with Crippen LogP contribution in [0.2, 0.25) is 5.15 Å². The number of hydrogen-bond donors (Lipinski definition) is 0. The summed E-state index contributed by atoms with van der Waals surface area (Å²) in [4.78, 5) is 4.60. The molecule has 0 fully saturated rings. The number of benzene rings is 2. The van der Waals surface area contributed by atoms with Gasteiger partial charge in [0.1, 0.15) is 18.4 Å². The third-order valence-electron chi connectivity index (χ3n) is 4.09. The summed E-state index contributed by atoms with van der Waals surface area (Å²) in [6.45, 7) is 0.871. The van der Waals surface area contributed by atoms with Crippen molar-refractivity contribution in [2.24, 2.45) is 0 Å². The molecule has 1 aliphatic heterocycles. The maximum Gasteiger partial charge on any atom is 0.417 e. The van der Waals surface area contributed by atoms with Crippen molar-refractivity contribution in [2.45, 2.75) is 16.0 Å². The van der Waals surface area contributed by atoms with Gasteiger partial charge >= 0.3 is 6.18 Å². The Morgan fingerprint density at radius 2 is 1.64 bits per heavy atom. The van der Waals surface area contributed by atoms with Gasteiger partial charge in [-0.25, -0.2) is 4.98 Å². The lowest BCUT2D eigenvalue weighted by molar-refractivity contribution is -0.139. The number of halogens is 4. The number of hydrogen-bond acceptors (Lipinski definition) is 4. The number of rotatable bonds is 3. The zero-order valence-corrected chi connectivity index (χ0v) is 15.9. The van der Waals surface area contributed by atoms with Crippen LogP contribution in [0.4, 0.5) is 13.2 Å². The number of fused-ring (bicyclic) bond motifs is 1. The quantitative estimate of drug-likeness (QED) is 0.460. The van der Waals surface area contributed by atoms with Crippen LogP contribution in [0.5, 0.6) is 11.5 Å². The Morgan fingerprint density at radius 1 is 0.893 bits per heavy atom. The van der Waals surface area contributed by atoms with Gasteiger partial charge in [0.25, 0.3) is 0 Å². The molecular formula is C20H13ClF3NO2S. The fourth-order valence-electron chi connectivity index (χ4n) is 2.82. The van der Waals surface area contributed by atoms with Crippen LogP contribution >= 0.6 is 23.4 Å². The average Bonchev–Trinajstić information content (AvgIpc) is 2.67. The molecule has 0 unspecified atom stereocenters. The molecule has 0 atom stereocenters. The van der Waals surface area contributed by atoms with E-state index in [1.807, 2.05) is 0 Å². The lowest BCUT2D eigenvalue weighted by Gasteiger charge is -2.19. The van der Waals surface area contributed by atoms with Crippen LogP contribution in [0, 0.1) is 0 Å². The fraction of sp³-hybridized carbons (Fsp3) is 0.150. The Kier molecular flexibility index (Phi) is 5.12. The van der Waals surface area contributed by atoms with Gasteiger partial charge in [-0.2, -0.15) is 13.2 Å². The van der Waals surface area contributed by atoms with Crippen LogP contribution in [-0.4, -0.2) is 18.2 Å². The Bertz CT molecular complexity index is 1030. The van der Waals surface area contributed by atoms with Gasteiger partial charge in [-0.05, 0) is 53.6 Å². The monoisotopic (exact) mass is 423 g/mol. The maximum atomic E-state index is 13.7. The molecule has 0 saturated heterocycles. The second-order valence-corrected chi connectivity index (χ2v) is 7.49. The average molecular weight is 424 g/mol. The molecular weight excluding hydrogens is 411 g/mol. The van der Waals surface area contributed by atoms with Gasteiger partial charge in [0.05, 0.1) is 5.56 Å². The Hall–Kier alpha value is -2.38. The van der Waals surface area contributed by atoms with E-state index in [-0.39, 0.29) is 10.0 Å². The number of ether oxygens (including phenoxy) is 2. The van der Waals surface area contributed by atoms with E-state index in [9.17, 15) is 13.2 Å². The summed E-state index contributed by atoms with van der Waals surface area (Å²) >= 11 is 6.89. The molecule has 0 amide bonds. The minimum Gasteiger partial charge on any atom is -0.486 e. The van der Waals surface area contributed by atoms with Crippen LogP contribution in [-0.2, 0) is 6.18 Å². The highest BCUT2D eigenvalue weighted by Crippen LogP contribution is 2.43. The first kappa shape index (κ1) is 19.0. The van der Waals surface area contributed by atoms with Gasteiger partial charge in [-0.1, -0.05) is 29.4 Å². The minimum atomic E-state index is -4.50. The van der Waals surface area contributed by atoms with Crippen molar-refractivity contribution < 1.29 is 22.6 Å². The fourth-order valence-corrected chi connectivity index (χ4v) is 3.97. The predicted octanol–water partition coefficient (Wildman–Crippen LogP) is 6.34. The summed E-state index contributed by atoms with van der Waals surface area (Å²) in [5, 5.41) is 0.223. The van der Waals surface area contributed by atoms with Gasteiger partial charge in [-0.3, -0.25) is 0 Å². The number of aromatic nitrogens is 1. The van der Waals surface area contributed by atoms with Gasteiger partial charge in [0.2, 0.25) is 0 Å². The van der Waals surface area contributed by atoms with Crippen LogP contribution in [0.1, 0.15) is 5.56 Å². The summed E-state index contributed by atoms with van der Waals surface area (Å²) in [5.41, 5.74) is 0.280. The number of pyridine rings is 1. The summed E-state index contributed by atoms with van der Waals surface area (Å²) < 4.78 is 52.1. The molecule has 1 aromatic heterocycles. The Morgan fingerprint density at radius 3 is 2.39 bits per heavy atom. The number of alkyl halides is 3. The SMILES string of the molecule is FC(F)(F)c1cc(-c2ccnc(Cl)c2)ccc1Sc1ccc2c(c1)OCCO2. The molecule has 0 radical (unpaired) electrons. The van der Waals surface area contributed by atoms with Crippen molar-refractivity contribution in [3.05, 3.63) is 65.4 Å².